The van der Waals surface area contributed by atoms with E-state index < -0.39 is 5.82 Å². The van der Waals surface area contributed by atoms with Crippen molar-refractivity contribution in [3.63, 3.8) is 0 Å². The molecule has 7 nitrogen and oxygen atoms in total. The maximum atomic E-state index is 14.1. The molecule has 4 heterocycles. The van der Waals surface area contributed by atoms with Crippen LogP contribution in [0, 0.1) is 5.82 Å². The second-order valence-corrected chi connectivity index (χ2v) is 4.75. The van der Waals surface area contributed by atoms with Crippen LogP contribution in [0.15, 0.2) is 30.9 Å². The van der Waals surface area contributed by atoms with Crippen molar-refractivity contribution in [2.24, 2.45) is 0 Å². The number of nitrogens with zero attached hydrogens (tertiary/aromatic N) is 4. The van der Waals surface area contributed by atoms with E-state index in [-0.39, 0.29) is 11.6 Å². The number of hydrogen-bond acceptors (Lipinski definition) is 5. The van der Waals surface area contributed by atoms with Gasteiger partial charge in [-0.3, -0.25) is 0 Å². The number of aromatic nitrogens is 5. The lowest BCUT2D eigenvalue weighted by Crippen LogP contribution is -1.98. The second-order valence-electron chi connectivity index (χ2n) is 4.75. The molecule has 0 aromatic carbocycles. The van der Waals surface area contributed by atoms with Crippen LogP contribution in [0.3, 0.4) is 0 Å². The average Bonchev–Trinajstić information content (AvgIpc) is 3.12. The molecule has 22 heavy (non-hydrogen) atoms. The summed E-state index contributed by atoms with van der Waals surface area (Å²) in [5.74, 6) is 0.0334. The van der Waals surface area contributed by atoms with Gasteiger partial charge in [-0.05, 0) is 6.07 Å². The van der Waals surface area contributed by atoms with Crippen molar-refractivity contribution in [3.8, 4) is 17.0 Å². The normalized spacial score (nSPS) is 11.4. The molecule has 0 aliphatic carbocycles. The number of hydrogen-bond donors (Lipinski definition) is 2. The summed E-state index contributed by atoms with van der Waals surface area (Å²) in [4.78, 5) is 15.2. The van der Waals surface area contributed by atoms with E-state index in [1.807, 2.05) is 0 Å². The van der Waals surface area contributed by atoms with Gasteiger partial charge in [-0.1, -0.05) is 0 Å². The molecule has 110 valence electrons. The van der Waals surface area contributed by atoms with Gasteiger partial charge >= 0.3 is 0 Å². The van der Waals surface area contributed by atoms with Crippen molar-refractivity contribution < 1.29 is 9.13 Å². The van der Waals surface area contributed by atoms with Crippen molar-refractivity contribution in [1.82, 2.24) is 24.3 Å². The number of nitrogens with two attached hydrogens (primary N) is 1. The Morgan fingerprint density at radius 1 is 1.36 bits per heavy atom. The first kappa shape index (κ1) is 12.6. The first-order valence-corrected chi connectivity index (χ1v) is 6.48. The topological polar surface area (TPSA) is 94.1 Å². The third-order valence-corrected chi connectivity index (χ3v) is 3.46. The smallest absolute Gasteiger partial charge is 0.228 e. The maximum Gasteiger partial charge on any atom is 0.228 e. The number of nitrogens with one attached hydrogen (secondary N) is 1. The van der Waals surface area contributed by atoms with Crippen LogP contribution in [0.4, 0.5) is 10.3 Å². The first-order chi connectivity index (χ1) is 10.7. The van der Waals surface area contributed by atoms with Gasteiger partial charge in [-0.25, -0.2) is 9.37 Å². The molecule has 0 unspecified atom stereocenters. The van der Waals surface area contributed by atoms with E-state index in [4.69, 9.17) is 10.5 Å². The summed E-state index contributed by atoms with van der Waals surface area (Å²) >= 11 is 0. The molecule has 3 N–H and O–H groups in total. The predicted molar refractivity (Wildman–Crippen MR) is 79.0 cm³/mol. The molecule has 0 aliphatic rings. The van der Waals surface area contributed by atoms with Crippen molar-refractivity contribution in [2.45, 2.75) is 0 Å². The van der Waals surface area contributed by atoms with Crippen molar-refractivity contribution >= 4 is 22.6 Å². The molecule has 0 bridgehead atoms. The number of aromatic amines is 1. The fraction of sp³-hybridized carbons (Fsp3) is 0.0714. The maximum absolute atomic E-state index is 14.1. The fourth-order valence-corrected chi connectivity index (χ4v) is 2.53. The van der Waals surface area contributed by atoms with Crippen LogP contribution in [-0.2, 0) is 0 Å². The van der Waals surface area contributed by atoms with E-state index >= 15 is 0 Å². The molecule has 0 saturated carbocycles. The minimum absolute atomic E-state index is 0.106. The molecule has 0 radical (unpaired) electrons. The van der Waals surface area contributed by atoms with Crippen molar-refractivity contribution in [1.29, 1.82) is 0 Å². The van der Waals surface area contributed by atoms with E-state index in [9.17, 15) is 4.39 Å². The Labute approximate surface area is 123 Å². The van der Waals surface area contributed by atoms with Crippen LogP contribution < -0.4 is 10.5 Å². The molecule has 0 atom stereocenters. The Kier molecular flexibility index (Phi) is 2.52. The standard InChI is InChI=1S/C14H11FN6O/c1-22-13-10-8(5-18-11(10)19-14(16)20-13)7-4-9(15)12-17-2-3-21(12)6-7/h2-6H,1H3,(H3,16,18,19,20). The minimum Gasteiger partial charge on any atom is -0.480 e. The number of rotatable bonds is 2. The van der Waals surface area contributed by atoms with E-state index in [1.165, 1.54) is 13.2 Å². The zero-order valence-electron chi connectivity index (χ0n) is 11.5. The molecular weight excluding hydrogens is 287 g/mol. The molecule has 0 fully saturated rings. The molecule has 0 aliphatic heterocycles. The number of pyridine rings is 1. The highest BCUT2D eigenvalue weighted by Gasteiger charge is 2.16. The van der Waals surface area contributed by atoms with Gasteiger partial charge in [0.05, 0.1) is 12.5 Å². The molecule has 4 aromatic rings. The summed E-state index contributed by atoms with van der Waals surface area (Å²) in [5.41, 5.74) is 7.82. The lowest BCUT2D eigenvalue weighted by atomic mass is 10.1. The van der Waals surface area contributed by atoms with Crippen LogP contribution >= 0.6 is 0 Å². The fourth-order valence-electron chi connectivity index (χ4n) is 2.53. The van der Waals surface area contributed by atoms with Crippen LogP contribution in [0.5, 0.6) is 5.88 Å². The Morgan fingerprint density at radius 3 is 3.05 bits per heavy atom. The van der Waals surface area contributed by atoms with Crippen LogP contribution in [-0.4, -0.2) is 31.4 Å². The van der Waals surface area contributed by atoms with E-state index in [0.717, 1.165) is 5.56 Å². The first-order valence-electron chi connectivity index (χ1n) is 6.48. The monoisotopic (exact) mass is 298 g/mol. The molecular formula is C14H11FN6O. The van der Waals surface area contributed by atoms with Gasteiger partial charge < -0.3 is 19.9 Å². The van der Waals surface area contributed by atoms with Crippen molar-refractivity contribution in [2.75, 3.05) is 12.8 Å². The van der Waals surface area contributed by atoms with Gasteiger partial charge in [0, 0.05) is 35.9 Å². The number of H-pyrrole nitrogens is 1. The van der Waals surface area contributed by atoms with E-state index in [1.54, 1.807) is 29.2 Å². The van der Waals surface area contributed by atoms with Gasteiger partial charge in [0.1, 0.15) is 5.65 Å². The number of imidazole rings is 1. The molecule has 4 aromatic heterocycles. The van der Waals surface area contributed by atoms with E-state index in [2.05, 4.69) is 19.9 Å². The quantitative estimate of drug-likeness (QED) is 0.590. The highest BCUT2D eigenvalue weighted by molar-refractivity contribution is 5.97. The van der Waals surface area contributed by atoms with E-state index in [0.29, 0.717) is 22.5 Å². The van der Waals surface area contributed by atoms with Gasteiger partial charge in [0.25, 0.3) is 0 Å². The zero-order valence-corrected chi connectivity index (χ0v) is 11.5. The molecule has 0 spiro atoms. The third-order valence-electron chi connectivity index (χ3n) is 3.46. The minimum atomic E-state index is -0.410. The largest absolute Gasteiger partial charge is 0.480 e. The average molecular weight is 298 g/mol. The number of fused-ring (bicyclic) bond motifs is 2. The summed E-state index contributed by atoms with van der Waals surface area (Å²) in [5, 5.41) is 0.649. The van der Waals surface area contributed by atoms with Gasteiger partial charge in [0.2, 0.25) is 11.8 Å². The Bertz CT molecular complexity index is 1010. The van der Waals surface area contributed by atoms with Gasteiger partial charge in [0.15, 0.2) is 11.5 Å². The van der Waals surface area contributed by atoms with Crippen LogP contribution in [0.1, 0.15) is 0 Å². The van der Waals surface area contributed by atoms with Crippen molar-refractivity contribution in [3.05, 3.63) is 36.7 Å². The lowest BCUT2D eigenvalue weighted by molar-refractivity contribution is 0.403. The summed E-state index contributed by atoms with van der Waals surface area (Å²) in [6.07, 6.45) is 6.73. The number of ether oxygens (including phenoxy) is 1. The summed E-state index contributed by atoms with van der Waals surface area (Å²) in [7, 11) is 1.50. The van der Waals surface area contributed by atoms with Gasteiger partial charge in [-0.2, -0.15) is 9.97 Å². The predicted octanol–water partition coefficient (Wildman–Crippen LogP) is 2.00. The Morgan fingerprint density at radius 2 is 2.23 bits per heavy atom. The molecule has 0 amide bonds. The summed E-state index contributed by atoms with van der Waals surface area (Å²) in [6.45, 7) is 0. The highest BCUT2D eigenvalue weighted by Crippen LogP contribution is 2.34. The number of halogens is 1. The highest BCUT2D eigenvalue weighted by atomic mass is 19.1. The Hall–Kier alpha value is -3.16. The molecule has 4 rings (SSSR count). The lowest BCUT2D eigenvalue weighted by Gasteiger charge is -2.06. The SMILES string of the molecule is COc1nc(N)nc2[nH]cc(-c3cc(F)c4nccn4c3)c12. The zero-order chi connectivity index (χ0) is 15.3. The van der Waals surface area contributed by atoms with Crippen LogP contribution in [0.25, 0.3) is 27.8 Å². The second kappa shape index (κ2) is 4.42. The molecule has 8 heteroatoms. The van der Waals surface area contributed by atoms with Gasteiger partial charge in [-0.15, -0.1) is 0 Å². The molecule has 0 saturated heterocycles. The third kappa shape index (κ3) is 1.70. The summed E-state index contributed by atoms with van der Waals surface area (Å²) < 4.78 is 21.0. The van der Waals surface area contributed by atoms with Crippen LogP contribution in [0.2, 0.25) is 0 Å². The number of anilines is 1. The summed E-state index contributed by atoms with van der Waals surface area (Å²) in [6, 6.07) is 1.42. The number of nitrogen functional groups attached to an aromatic ring is 1. The Balaban J connectivity index is 2.03. The number of methoxy groups -OCH3 is 1.